The first-order valence-corrected chi connectivity index (χ1v) is 4.61. The summed E-state index contributed by atoms with van der Waals surface area (Å²) in [5.41, 5.74) is -0.470. The van der Waals surface area contributed by atoms with E-state index in [9.17, 15) is 13.2 Å². The Hall–Kier alpha value is -1.63. The van der Waals surface area contributed by atoms with Gasteiger partial charge in [-0.1, -0.05) is 12.1 Å². The van der Waals surface area contributed by atoms with E-state index in [4.69, 9.17) is 0 Å². The van der Waals surface area contributed by atoms with Crippen LogP contribution in [0.2, 0.25) is 0 Å². The van der Waals surface area contributed by atoms with Gasteiger partial charge in [0.25, 0.3) is 0 Å². The van der Waals surface area contributed by atoms with Gasteiger partial charge in [0.1, 0.15) is 0 Å². The predicted octanol–water partition coefficient (Wildman–Crippen LogP) is 3.42. The largest absolute Gasteiger partial charge is 0.416 e. The monoisotopic (exact) mass is 246 g/mol. The van der Waals surface area contributed by atoms with Crippen LogP contribution in [0.4, 0.5) is 13.2 Å². The van der Waals surface area contributed by atoms with Crippen molar-refractivity contribution in [2.45, 2.75) is 6.18 Å². The Labute approximate surface area is 92.9 Å². The van der Waals surface area contributed by atoms with E-state index in [1.807, 2.05) is 0 Å². The zero-order valence-corrected chi connectivity index (χ0v) is 8.52. The second kappa shape index (κ2) is 3.75. The summed E-state index contributed by atoms with van der Waals surface area (Å²) in [5.74, 6) is 0.177. The molecule has 16 heavy (non-hydrogen) atoms. The van der Waals surface area contributed by atoms with Gasteiger partial charge in [-0.05, 0) is 24.4 Å². The third kappa shape index (κ3) is 2.13. The molecule has 1 aromatic heterocycles. The minimum atomic E-state index is -4.38. The number of hydrogen-bond donors (Lipinski definition) is 1. The van der Waals surface area contributed by atoms with Crippen molar-refractivity contribution >= 4 is 12.2 Å². The number of nitrogens with one attached hydrogen (secondary N) is 1. The van der Waals surface area contributed by atoms with Crippen LogP contribution < -0.4 is 0 Å². The van der Waals surface area contributed by atoms with Crippen LogP contribution in [0.1, 0.15) is 5.56 Å². The van der Waals surface area contributed by atoms with Crippen molar-refractivity contribution in [3.8, 4) is 11.4 Å². The Kier molecular flexibility index (Phi) is 2.55. The van der Waals surface area contributed by atoms with Gasteiger partial charge in [0.05, 0.1) is 5.56 Å². The maximum atomic E-state index is 12.4. The summed E-state index contributed by atoms with van der Waals surface area (Å²) in [6, 6.07) is 4.74. The van der Waals surface area contributed by atoms with Gasteiger partial charge in [-0.3, -0.25) is 0 Å². The Morgan fingerprint density at radius 3 is 2.62 bits per heavy atom. The highest BCUT2D eigenvalue weighted by Crippen LogP contribution is 2.31. The quantitative estimate of drug-likeness (QED) is 0.784. The molecule has 0 aliphatic rings. The molecule has 7 heteroatoms. The second-order valence-electron chi connectivity index (χ2n) is 3.01. The molecule has 1 N–H and O–H groups in total. The molecule has 0 atom stereocenters. The van der Waals surface area contributed by atoms with Gasteiger partial charge >= 0.3 is 11.0 Å². The summed E-state index contributed by atoms with van der Waals surface area (Å²) < 4.78 is 41.9. The lowest BCUT2D eigenvalue weighted by Crippen LogP contribution is -2.04. The maximum absolute atomic E-state index is 12.4. The molecule has 2 rings (SSSR count). The molecule has 0 saturated heterocycles. The summed E-state index contributed by atoms with van der Waals surface area (Å²) in [4.78, 5) is 3.68. The summed E-state index contributed by atoms with van der Waals surface area (Å²) in [6.45, 7) is 0. The molecule has 0 radical (unpaired) electrons. The highest BCUT2D eigenvalue weighted by molar-refractivity contribution is 7.71. The van der Waals surface area contributed by atoms with Crippen LogP contribution in [0.5, 0.6) is 0 Å². The molecule has 0 saturated carbocycles. The Morgan fingerprint density at radius 2 is 2.06 bits per heavy atom. The smallest absolute Gasteiger partial charge is 0.348 e. The Morgan fingerprint density at radius 1 is 1.31 bits per heavy atom. The summed E-state index contributed by atoms with van der Waals surface area (Å²) in [5, 5.41) is 2.34. The van der Waals surface area contributed by atoms with Crippen LogP contribution in [0.15, 0.2) is 28.8 Å². The normalized spacial score (nSPS) is 11.7. The van der Waals surface area contributed by atoms with E-state index in [0.717, 1.165) is 12.1 Å². The number of aromatic nitrogens is 2. The molecule has 1 aromatic carbocycles. The molecule has 0 bridgehead atoms. The van der Waals surface area contributed by atoms with Crippen LogP contribution >= 0.6 is 12.2 Å². The molecule has 0 aliphatic heterocycles. The molecule has 84 valence electrons. The number of rotatable bonds is 1. The highest BCUT2D eigenvalue weighted by atomic mass is 32.1. The molecule has 1 heterocycles. The maximum Gasteiger partial charge on any atom is 0.416 e. The fourth-order valence-electron chi connectivity index (χ4n) is 1.20. The van der Waals surface area contributed by atoms with Crippen LogP contribution in [0, 0.1) is 4.84 Å². The molecule has 2 aromatic rings. The van der Waals surface area contributed by atoms with Crippen molar-refractivity contribution in [3.63, 3.8) is 0 Å². The number of H-pyrrole nitrogens is 1. The van der Waals surface area contributed by atoms with Crippen LogP contribution in [-0.4, -0.2) is 10.1 Å². The number of nitrogens with zero attached hydrogens (tertiary/aromatic N) is 1. The minimum absolute atomic E-state index is 0.0487. The SMILES string of the molecule is FC(F)(F)c1cccc(-c2nc(=S)o[nH]2)c1. The van der Waals surface area contributed by atoms with E-state index < -0.39 is 11.7 Å². The number of halogens is 3. The van der Waals surface area contributed by atoms with Crippen molar-refractivity contribution in [1.82, 2.24) is 10.1 Å². The lowest BCUT2D eigenvalue weighted by Gasteiger charge is -2.06. The van der Waals surface area contributed by atoms with Crippen LogP contribution in [-0.2, 0) is 6.18 Å². The lowest BCUT2D eigenvalue weighted by molar-refractivity contribution is -0.137. The van der Waals surface area contributed by atoms with Gasteiger partial charge in [0.15, 0.2) is 5.82 Å². The van der Waals surface area contributed by atoms with E-state index >= 15 is 0 Å². The molecule has 0 aliphatic carbocycles. The zero-order chi connectivity index (χ0) is 11.8. The Balaban J connectivity index is 2.48. The first-order valence-electron chi connectivity index (χ1n) is 4.20. The van der Waals surface area contributed by atoms with Gasteiger partial charge in [0, 0.05) is 5.56 Å². The predicted molar refractivity (Wildman–Crippen MR) is 52.1 cm³/mol. The average Bonchev–Trinajstić information content (AvgIpc) is 2.64. The molecule has 0 amide bonds. The fraction of sp³-hybridized carbons (Fsp3) is 0.111. The average molecular weight is 246 g/mol. The lowest BCUT2D eigenvalue weighted by atomic mass is 10.1. The first-order chi connectivity index (χ1) is 7.47. The summed E-state index contributed by atoms with van der Waals surface area (Å²) >= 11 is 4.61. The van der Waals surface area contributed by atoms with Crippen molar-refractivity contribution in [3.05, 3.63) is 34.7 Å². The van der Waals surface area contributed by atoms with Crippen molar-refractivity contribution in [2.75, 3.05) is 0 Å². The van der Waals surface area contributed by atoms with Gasteiger partial charge in [0.2, 0.25) is 0 Å². The number of alkyl halides is 3. The van der Waals surface area contributed by atoms with Crippen molar-refractivity contribution < 1.29 is 17.7 Å². The Bertz CT molecular complexity index is 558. The fourth-order valence-corrected chi connectivity index (χ4v) is 1.33. The molecule has 3 nitrogen and oxygen atoms in total. The minimum Gasteiger partial charge on any atom is -0.348 e. The number of hydrogen-bond acceptors (Lipinski definition) is 3. The third-order valence-corrected chi connectivity index (χ3v) is 2.08. The summed E-state index contributed by atoms with van der Waals surface area (Å²) in [7, 11) is 0. The van der Waals surface area contributed by atoms with Gasteiger partial charge in [-0.15, -0.1) is 0 Å². The standard InChI is InChI=1S/C9H5F3N2OS/c10-9(11,12)6-3-1-2-5(4-6)7-13-8(16)15-14-7/h1-4H,(H,13,14,16). The number of benzene rings is 1. The zero-order valence-electron chi connectivity index (χ0n) is 7.71. The van der Waals surface area contributed by atoms with E-state index in [1.54, 1.807) is 0 Å². The van der Waals surface area contributed by atoms with Gasteiger partial charge in [-0.2, -0.15) is 18.2 Å². The van der Waals surface area contributed by atoms with Gasteiger partial charge in [-0.25, -0.2) is 5.16 Å². The second-order valence-corrected chi connectivity index (χ2v) is 3.36. The highest BCUT2D eigenvalue weighted by Gasteiger charge is 2.30. The van der Waals surface area contributed by atoms with E-state index in [1.165, 1.54) is 12.1 Å². The topological polar surface area (TPSA) is 41.8 Å². The molecule has 0 fully saturated rings. The van der Waals surface area contributed by atoms with E-state index in [-0.39, 0.29) is 16.2 Å². The molecule has 0 unspecified atom stereocenters. The molecule has 0 spiro atoms. The van der Waals surface area contributed by atoms with E-state index in [0.29, 0.717) is 0 Å². The molecular formula is C9H5F3N2OS. The van der Waals surface area contributed by atoms with Crippen molar-refractivity contribution in [2.24, 2.45) is 0 Å². The molecular weight excluding hydrogens is 241 g/mol. The van der Waals surface area contributed by atoms with Gasteiger partial charge < -0.3 is 4.52 Å². The van der Waals surface area contributed by atoms with Crippen LogP contribution in [0.3, 0.4) is 0 Å². The summed E-state index contributed by atoms with van der Waals surface area (Å²) in [6.07, 6.45) is -4.38. The van der Waals surface area contributed by atoms with Crippen molar-refractivity contribution in [1.29, 1.82) is 0 Å². The third-order valence-electron chi connectivity index (χ3n) is 1.90. The first kappa shape index (κ1) is 10.9. The van der Waals surface area contributed by atoms with E-state index in [2.05, 4.69) is 26.9 Å². The number of aromatic amines is 1. The van der Waals surface area contributed by atoms with Crippen LogP contribution in [0.25, 0.3) is 11.4 Å².